The van der Waals surface area contributed by atoms with Gasteiger partial charge in [-0.05, 0) is 48.0 Å². The molecule has 0 amide bonds. The normalized spacial score (nSPS) is 10.8. The topological polar surface area (TPSA) is 57.9 Å². The van der Waals surface area contributed by atoms with Crippen molar-refractivity contribution >= 4 is 34.2 Å². The minimum absolute atomic E-state index is 0.0944. The molecule has 1 heterocycles. The number of methoxy groups -OCH3 is 2. The van der Waals surface area contributed by atoms with Crippen molar-refractivity contribution in [2.24, 2.45) is 0 Å². The van der Waals surface area contributed by atoms with Crippen LogP contribution in [0.4, 0.5) is 0 Å². The number of hydrogen-bond donors (Lipinski definition) is 0. The van der Waals surface area contributed by atoms with E-state index in [0.29, 0.717) is 43.8 Å². The third kappa shape index (κ3) is 4.20. The smallest absolute Gasteiger partial charge is 0.235 e. The molecule has 0 unspecified atom stereocenters. The van der Waals surface area contributed by atoms with E-state index in [1.54, 1.807) is 74.9 Å². The van der Waals surface area contributed by atoms with Gasteiger partial charge in [0.15, 0.2) is 17.3 Å². The summed E-state index contributed by atoms with van der Waals surface area (Å²) in [5, 5.41) is 1.28. The minimum Gasteiger partial charge on any atom is -0.493 e. The molecule has 7 heteroatoms. The number of hydrogen-bond acceptors (Lipinski definition) is 5. The highest BCUT2D eigenvalue weighted by molar-refractivity contribution is 6.42. The maximum Gasteiger partial charge on any atom is 0.235 e. The molecule has 0 bridgehead atoms. The number of rotatable bonds is 6. The highest BCUT2D eigenvalue weighted by Crippen LogP contribution is 2.37. The summed E-state index contributed by atoms with van der Waals surface area (Å²) in [6.07, 6.45) is 0. The van der Waals surface area contributed by atoms with E-state index in [4.69, 9.17) is 41.8 Å². The second-order valence-electron chi connectivity index (χ2n) is 6.69. The molecule has 0 saturated heterocycles. The summed E-state index contributed by atoms with van der Waals surface area (Å²) in [4.78, 5) is 13.3. The van der Waals surface area contributed by atoms with Crippen LogP contribution in [0.25, 0.3) is 22.3 Å². The van der Waals surface area contributed by atoms with Gasteiger partial charge in [0.05, 0.1) is 29.7 Å². The Kier molecular flexibility index (Phi) is 6.07. The lowest BCUT2D eigenvalue weighted by Gasteiger charge is -2.14. The van der Waals surface area contributed by atoms with Crippen LogP contribution in [0.3, 0.4) is 0 Å². The van der Waals surface area contributed by atoms with E-state index < -0.39 is 0 Å². The molecule has 0 aliphatic carbocycles. The fraction of sp³-hybridized carbons (Fsp3) is 0.125. The van der Waals surface area contributed by atoms with Gasteiger partial charge in [0, 0.05) is 5.56 Å². The van der Waals surface area contributed by atoms with Crippen molar-refractivity contribution in [3.63, 3.8) is 0 Å². The molecule has 0 atom stereocenters. The van der Waals surface area contributed by atoms with Gasteiger partial charge in [-0.25, -0.2) is 0 Å². The van der Waals surface area contributed by atoms with Crippen LogP contribution in [-0.4, -0.2) is 14.2 Å². The lowest BCUT2D eigenvalue weighted by Crippen LogP contribution is -2.10. The van der Waals surface area contributed by atoms with E-state index >= 15 is 0 Å². The number of fused-ring (bicyclic) bond motifs is 1. The first-order valence-corrected chi connectivity index (χ1v) is 10.1. The minimum atomic E-state index is -0.272. The SMILES string of the molecule is COc1ccc(-c2oc3ccccc3c(=O)c2OCc2ccc(Cl)c(Cl)c2)cc1OC. The van der Waals surface area contributed by atoms with Crippen LogP contribution in [0.1, 0.15) is 5.56 Å². The summed E-state index contributed by atoms with van der Waals surface area (Å²) in [7, 11) is 3.10. The Balaban J connectivity index is 1.83. The molecule has 0 aliphatic rings. The molecule has 158 valence electrons. The molecule has 5 nitrogen and oxygen atoms in total. The van der Waals surface area contributed by atoms with Gasteiger partial charge in [-0.1, -0.05) is 41.4 Å². The molecule has 1 aromatic heterocycles. The van der Waals surface area contributed by atoms with Crippen molar-refractivity contribution < 1.29 is 18.6 Å². The van der Waals surface area contributed by atoms with Gasteiger partial charge in [-0.15, -0.1) is 0 Å². The Morgan fingerprint density at radius 3 is 2.39 bits per heavy atom. The second-order valence-corrected chi connectivity index (χ2v) is 7.51. The second kappa shape index (κ2) is 8.92. The number of benzene rings is 3. The molecule has 4 rings (SSSR count). The van der Waals surface area contributed by atoms with Crippen molar-refractivity contribution in [1.82, 2.24) is 0 Å². The fourth-order valence-electron chi connectivity index (χ4n) is 3.21. The molecule has 0 spiro atoms. The Morgan fingerprint density at radius 1 is 0.871 bits per heavy atom. The van der Waals surface area contributed by atoms with Crippen LogP contribution < -0.4 is 19.6 Å². The highest BCUT2D eigenvalue weighted by atomic mass is 35.5. The maximum atomic E-state index is 13.3. The molecule has 0 saturated carbocycles. The molecule has 31 heavy (non-hydrogen) atoms. The van der Waals surface area contributed by atoms with Crippen LogP contribution in [0, 0.1) is 0 Å². The van der Waals surface area contributed by atoms with Gasteiger partial charge in [-0.3, -0.25) is 4.79 Å². The summed E-state index contributed by atoms with van der Waals surface area (Å²) in [6, 6.07) is 17.4. The number of halogens is 2. The lowest BCUT2D eigenvalue weighted by atomic mass is 10.1. The molecule has 4 aromatic rings. The summed E-state index contributed by atoms with van der Waals surface area (Å²) in [6.45, 7) is 0.111. The van der Waals surface area contributed by atoms with E-state index in [1.165, 1.54) is 0 Å². The number of ether oxygens (including phenoxy) is 3. The summed E-state index contributed by atoms with van der Waals surface area (Å²) >= 11 is 12.1. The molecule has 0 N–H and O–H groups in total. The molecule has 0 radical (unpaired) electrons. The number of para-hydroxylation sites is 1. The van der Waals surface area contributed by atoms with Crippen molar-refractivity contribution in [1.29, 1.82) is 0 Å². The molecule has 3 aromatic carbocycles. The lowest BCUT2D eigenvalue weighted by molar-refractivity contribution is 0.298. The average Bonchev–Trinajstić information content (AvgIpc) is 2.80. The zero-order chi connectivity index (χ0) is 22.0. The standard InChI is InChI=1S/C24H18Cl2O5/c1-28-20-10-8-15(12-21(20)29-2)23-24(22(27)16-5-3-4-6-19(16)31-23)30-13-14-7-9-17(25)18(26)11-14/h3-12H,13H2,1-2H3. The van der Waals surface area contributed by atoms with Crippen molar-refractivity contribution in [3.05, 3.63) is 86.5 Å². The van der Waals surface area contributed by atoms with Crippen LogP contribution >= 0.6 is 23.2 Å². The monoisotopic (exact) mass is 456 g/mol. The van der Waals surface area contributed by atoms with Crippen LogP contribution in [0.15, 0.2) is 69.9 Å². The van der Waals surface area contributed by atoms with Crippen molar-refractivity contribution in [2.45, 2.75) is 6.61 Å². The molecular formula is C24H18Cl2O5. The predicted octanol–water partition coefficient (Wildman–Crippen LogP) is 6.36. The third-order valence-electron chi connectivity index (χ3n) is 4.77. The van der Waals surface area contributed by atoms with Crippen LogP contribution in [0.5, 0.6) is 17.2 Å². The first kappa shape index (κ1) is 21.1. The van der Waals surface area contributed by atoms with Crippen molar-refractivity contribution in [2.75, 3.05) is 14.2 Å². The quantitative estimate of drug-likeness (QED) is 0.337. The van der Waals surface area contributed by atoms with Gasteiger partial charge in [0.1, 0.15) is 12.2 Å². The zero-order valence-electron chi connectivity index (χ0n) is 16.8. The van der Waals surface area contributed by atoms with E-state index in [1.807, 2.05) is 0 Å². The Labute approximate surface area is 188 Å². The van der Waals surface area contributed by atoms with Gasteiger partial charge in [-0.2, -0.15) is 0 Å². The Bertz CT molecular complexity index is 1310. The molecule has 0 fully saturated rings. The van der Waals surface area contributed by atoms with Crippen LogP contribution in [-0.2, 0) is 6.61 Å². The van der Waals surface area contributed by atoms with Gasteiger partial charge >= 0.3 is 0 Å². The maximum absolute atomic E-state index is 13.3. The third-order valence-corrected chi connectivity index (χ3v) is 5.51. The zero-order valence-corrected chi connectivity index (χ0v) is 18.3. The average molecular weight is 457 g/mol. The van der Waals surface area contributed by atoms with Gasteiger partial charge in [0.25, 0.3) is 0 Å². The fourth-order valence-corrected chi connectivity index (χ4v) is 3.53. The largest absolute Gasteiger partial charge is 0.493 e. The van der Waals surface area contributed by atoms with E-state index in [9.17, 15) is 4.79 Å². The summed E-state index contributed by atoms with van der Waals surface area (Å²) in [5.74, 6) is 1.46. The Morgan fingerprint density at radius 2 is 1.65 bits per heavy atom. The van der Waals surface area contributed by atoms with Gasteiger partial charge < -0.3 is 18.6 Å². The summed E-state index contributed by atoms with van der Waals surface area (Å²) < 4.78 is 22.8. The van der Waals surface area contributed by atoms with Gasteiger partial charge in [0.2, 0.25) is 11.2 Å². The molecule has 0 aliphatic heterocycles. The first-order valence-electron chi connectivity index (χ1n) is 9.36. The van der Waals surface area contributed by atoms with E-state index in [-0.39, 0.29) is 17.8 Å². The summed E-state index contributed by atoms with van der Waals surface area (Å²) in [5.41, 5.74) is 1.57. The predicted molar refractivity (Wildman–Crippen MR) is 122 cm³/mol. The van der Waals surface area contributed by atoms with Crippen molar-refractivity contribution in [3.8, 4) is 28.6 Å². The Hall–Kier alpha value is -3.15. The van der Waals surface area contributed by atoms with E-state index in [2.05, 4.69) is 0 Å². The molecular weight excluding hydrogens is 439 g/mol. The highest BCUT2D eigenvalue weighted by Gasteiger charge is 2.19. The first-order chi connectivity index (χ1) is 15.0. The van der Waals surface area contributed by atoms with Crippen LogP contribution in [0.2, 0.25) is 10.0 Å². The van der Waals surface area contributed by atoms with E-state index in [0.717, 1.165) is 5.56 Å².